The zero-order chi connectivity index (χ0) is 32.3. The van der Waals surface area contributed by atoms with Crippen LogP contribution in [0.15, 0.2) is 53.4 Å². The molecule has 44 heavy (non-hydrogen) atoms. The molecule has 0 aliphatic carbocycles. The number of carbonyl (C=O) groups excluding carboxylic acids is 1. The van der Waals surface area contributed by atoms with Gasteiger partial charge in [-0.15, -0.1) is 23.1 Å². The highest BCUT2D eigenvalue weighted by Gasteiger charge is 2.31. The van der Waals surface area contributed by atoms with Crippen LogP contribution in [0.25, 0.3) is 10.6 Å². The summed E-state index contributed by atoms with van der Waals surface area (Å²) in [7, 11) is 0. The largest absolute Gasteiger partial charge is 0.478 e. The van der Waals surface area contributed by atoms with Crippen molar-refractivity contribution >= 4 is 35.2 Å². The average Bonchev–Trinajstić information content (AvgIpc) is 3.34. The highest BCUT2D eigenvalue weighted by molar-refractivity contribution is 7.98. The molecule has 8 nitrogen and oxygen atoms in total. The zero-order valence-corrected chi connectivity index (χ0v) is 26.9. The Kier molecular flexibility index (Phi) is 10.2. The molecule has 13 heteroatoms. The van der Waals surface area contributed by atoms with Gasteiger partial charge in [0.15, 0.2) is 5.60 Å². The molecule has 1 N–H and O–H groups in total. The third-order valence-electron chi connectivity index (χ3n) is 6.72. The van der Waals surface area contributed by atoms with Crippen molar-refractivity contribution in [1.82, 2.24) is 14.8 Å². The maximum absolute atomic E-state index is 13.1. The van der Waals surface area contributed by atoms with Crippen LogP contribution in [-0.2, 0) is 28.0 Å². The standard InChI is InChI=1S/C31H36F3N3O5S2/c1-29(2,3)42-28(40)37-16-14-36(15-17-37)18-24-25(44-26(35-24)20-6-8-21(9-7-20)31(32,33)34)19-43-23-12-10-22(11-13-23)41-30(4,5)27(38)39/h6-13H,14-19H2,1-5H3,(H,38,39). The number of rotatable bonds is 9. The van der Waals surface area contributed by atoms with Crippen molar-refractivity contribution in [3.8, 4) is 16.3 Å². The number of carboxylic acid groups (broad SMARTS) is 1. The second-order valence-electron chi connectivity index (χ2n) is 11.9. The summed E-state index contributed by atoms with van der Waals surface area (Å²) >= 11 is 3.01. The Bertz CT molecular complexity index is 1440. The van der Waals surface area contributed by atoms with Gasteiger partial charge in [0.05, 0.1) is 11.3 Å². The molecule has 1 aromatic heterocycles. The minimum absolute atomic E-state index is 0.338. The molecule has 1 aliphatic rings. The van der Waals surface area contributed by atoms with Crippen molar-refractivity contribution < 1.29 is 37.3 Å². The fourth-order valence-electron chi connectivity index (χ4n) is 4.26. The van der Waals surface area contributed by atoms with E-state index in [1.165, 1.54) is 37.3 Å². The summed E-state index contributed by atoms with van der Waals surface area (Å²) in [6, 6.07) is 12.2. The third kappa shape index (κ3) is 9.12. The van der Waals surface area contributed by atoms with Crippen LogP contribution >= 0.6 is 23.1 Å². The van der Waals surface area contributed by atoms with E-state index in [2.05, 4.69) is 4.90 Å². The van der Waals surface area contributed by atoms with Crippen LogP contribution in [0, 0.1) is 0 Å². The van der Waals surface area contributed by atoms with Crippen LogP contribution in [0.5, 0.6) is 5.75 Å². The number of halogens is 3. The van der Waals surface area contributed by atoms with Crippen molar-refractivity contribution in [2.24, 2.45) is 0 Å². The van der Waals surface area contributed by atoms with Gasteiger partial charge in [0.2, 0.25) is 0 Å². The number of thioether (sulfide) groups is 1. The Morgan fingerprint density at radius 1 is 0.955 bits per heavy atom. The quantitative estimate of drug-likeness (QED) is 0.239. The predicted octanol–water partition coefficient (Wildman–Crippen LogP) is 7.42. The van der Waals surface area contributed by atoms with Gasteiger partial charge in [0.25, 0.3) is 0 Å². The molecular formula is C31H36F3N3O5S2. The normalized spacial score (nSPS) is 14.9. The fourth-order valence-corrected chi connectivity index (χ4v) is 6.34. The number of alkyl halides is 3. The summed E-state index contributed by atoms with van der Waals surface area (Å²) in [5, 5.41) is 9.95. The maximum Gasteiger partial charge on any atom is 0.416 e. The van der Waals surface area contributed by atoms with E-state index in [9.17, 15) is 27.9 Å². The first-order valence-electron chi connectivity index (χ1n) is 14.0. The molecule has 1 saturated heterocycles. The highest BCUT2D eigenvalue weighted by Crippen LogP contribution is 2.36. The summed E-state index contributed by atoms with van der Waals surface area (Å²) in [4.78, 5) is 34.5. The Balaban J connectivity index is 1.48. The number of nitrogens with zero attached hydrogens (tertiary/aromatic N) is 3. The first kappa shape index (κ1) is 33.6. The molecule has 4 rings (SSSR count). The van der Waals surface area contributed by atoms with Crippen molar-refractivity contribution in [2.75, 3.05) is 26.2 Å². The first-order valence-corrected chi connectivity index (χ1v) is 15.8. The molecule has 1 amide bonds. The second-order valence-corrected chi connectivity index (χ2v) is 14.0. The van der Waals surface area contributed by atoms with Gasteiger partial charge in [-0.05, 0) is 71.0 Å². The van der Waals surface area contributed by atoms with E-state index in [0.717, 1.165) is 27.6 Å². The number of benzene rings is 2. The highest BCUT2D eigenvalue weighted by atomic mass is 32.2. The van der Waals surface area contributed by atoms with E-state index >= 15 is 0 Å². The van der Waals surface area contributed by atoms with Gasteiger partial charge >= 0.3 is 18.2 Å². The number of amides is 1. The lowest BCUT2D eigenvalue weighted by Gasteiger charge is -2.35. The van der Waals surface area contributed by atoms with E-state index in [1.807, 2.05) is 32.9 Å². The van der Waals surface area contributed by atoms with Gasteiger partial charge in [-0.25, -0.2) is 14.6 Å². The van der Waals surface area contributed by atoms with Crippen molar-refractivity contribution in [2.45, 2.75) is 69.2 Å². The van der Waals surface area contributed by atoms with E-state index in [4.69, 9.17) is 14.5 Å². The lowest BCUT2D eigenvalue weighted by Crippen LogP contribution is -2.49. The molecule has 0 radical (unpaired) electrons. The number of aliphatic carboxylic acids is 1. The molecule has 238 valence electrons. The van der Waals surface area contributed by atoms with E-state index in [1.54, 1.807) is 28.8 Å². The zero-order valence-electron chi connectivity index (χ0n) is 25.2. The van der Waals surface area contributed by atoms with Gasteiger partial charge in [-0.3, -0.25) is 4.90 Å². The van der Waals surface area contributed by atoms with Gasteiger partial charge in [-0.1, -0.05) is 12.1 Å². The number of ether oxygens (including phenoxy) is 2. The summed E-state index contributed by atoms with van der Waals surface area (Å²) in [6.45, 7) is 11.3. The number of carbonyl (C=O) groups is 2. The molecule has 2 heterocycles. The molecule has 1 aliphatic heterocycles. The summed E-state index contributed by atoms with van der Waals surface area (Å²) in [5.41, 5.74) is -1.20. The van der Waals surface area contributed by atoms with Gasteiger partial charge in [0, 0.05) is 53.8 Å². The second kappa shape index (κ2) is 13.4. The van der Waals surface area contributed by atoms with E-state index < -0.39 is 28.9 Å². The van der Waals surface area contributed by atoms with Gasteiger partial charge < -0.3 is 19.5 Å². The Labute approximate surface area is 263 Å². The summed E-state index contributed by atoms with van der Waals surface area (Å²) < 4.78 is 50.5. The van der Waals surface area contributed by atoms with Crippen LogP contribution in [0.2, 0.25) is 0 Å². The van der Waals surface area contributed by atoms with Crippen molar-refractivity contribution in [3.63, 3.8) is 0 Å². The van der Waals surface area contributed by atoms with E-state index in [0.29, 0.717) is 54.8 Å². The topological polar surface area (TPSA) is 92.2 Å². The van der Waals surface area contributed by atoms with Crippen LogP contribution in [0.3, 0.4) is 0 Å². The minimum Gasteiger partial charge on any atom is -0.478 e. The molecular weight excluding hydrogens is 615 g/mol. The monoisotopic (exact) mass is 651 g/mol. The SMILES string of the molecule is CC(C)(C)OC(=O)N1CCN(Cc2nc(-c3ccc(C(F)(F)F)cc3)sc2CSc2ccc(OC(C)(C)C(=O)O)cc2)CC1. The molecule has 0 saturated carbocycles. The van der Waals surface area contributed by atoms with Crippen LogP contribution in [0.1, 0.15) is 50.8 Å². The predicted molar refractivity (Wildman–Crippen MR) is 164 cm³/mol. The number of thiazole rings is 1. The van der Waals surface area contributed by atoms with Crippen LogP contribution in [0.4, 0.5) is 18.0 Å². The minimum atomic E-state index is -4.42. The lowest BCUT2D eigenvalue weighted by atomic mass is 10.1. The Morgan fingerprint density at radius 3 is 2.11 bits per heavy atom. The fraction of sp³-hybridized carbons (Fsp3) is 0.452. The smallest absolute Gasteiger partial charge is 0.416 e. The van der Waals surface area contributed by atoms with Gasteiger partial charge in [-0.2, -0.15) is 13.2 Å². The molecule has 0 spiro atoms. The van der Waals surface area contributed by atoms with Crippen LogP contribution < -0.4 is 4.74 Å². The molecule has 0 unspecified atom stereocenters. The molecule has 1 fully saturated rings. The molecule has 3 aromatic rings. The number of hydrogen-bond donors (Lipinski definition) is 1. The molecule has 2 aromatic carbocycles. The van der Waals surface area contributed by atoms with Crippen molar-refractivity contribution in [1.29, 1.82) is 0 Å². The third-order valence-corrected chi connectivity index (χ3v) is 9.08. The van der Waals surface area contributed by atoms with E-state index in [-0.39, 0.29) is 6.09 Å². The number of hydrogen-bond acceptors (Lipinski definition) is 8. The van der Waals surface area contributed by atoms with Crippen LogP contribution in [-0.4, -0.2) is 69.3 Å². The van der Waals surface area contributed by atoms with Crippen molar-refractivity contribution in [3.05, 3.63) is 64.7 Å². The molecule has 0 atom stereocenters. The Morgan fingerprint density at radius 2 is 1.57 bits per heavy atom. The number of aromatic nitrogens is 1. The number of carboxylic acids is 1. The Hall–Kier alpha value is -3.29. The summed E-state index contributed by atoms with van der Waals surface area (Å²) in [6.07, 6.45) is -4.75. The maximum atomic E-state index is 13.1. The van der Waals surface area contributed by atoms with Gasteiger partial charge in [0.1, 0.15) is 16.4 Å². The first-order chi connectivity index (χ1) is 20.5. The summed E-state index contributed by atoms with van der Waals surface area (Å²) in [5.74, 6) is -0.0501. The number of piperazine rings is 1. The molecule has 0 bridgehead atoms. The average molecular weight is 652 g/mol. The lowest BCUT2D eigenvalue weighted by molar-refractivity contribution is -0.152.